The van der Waals surface area contributed by atoms with Crippen LogP contribution in [0.4, 0.5) is 0 Å². The van der Waals surface area contributed by atoms with Gasteiger partial charge in [0, 0.05) is 13.2 Å². The van der Waals surface area contributed by atoms with Crippen LogP contribution in [0.15, 0.2) is 0 Å². The second kappa shape index (κ2) is 8.08. The van der Waals surface area contributed by atoms with Crippen LogP contribution in [0.25, 0.3) is 0 Å². The summed E-state index contributed by atoms with van der Waals surface area (Å²) in [7, 11) is 0. The van der Waals surface area contributed by atoms with Crippen molar-refractivity contribution in [1.29, 1.82) is 0 Å². The monoisotopic (exact) mass is 227 g/mol. The molecule has 16 heavy (non-hydrogen) atoms. The molecule has 1 aliphatic rings. The zero-order valence-corrected chi connectivity index (χ0v) is 11.3. The number of ether oxygens (including phenoxy) is 1. The molecular weight excluding hydrogens is 198 g/mol. The van der Waals surface area contributed by atoms with E-state index >= 15 is 0 Å². The van der Waals surface area contributed by atoms with E-state index in [4.69, 9.17) is 4.74 Å². The zero-order valence-electron chi connectivity index (χ0n) is 11.3. The van der Waals surface area contributed by atoms with E-state index in [1.54, 1.807) is 0 Å². The summed E-state index contributed by atoms with van der Waals surface area (Å²) in [5, 5.41) is 3.50. The lowest BCUT2D eigenvalue weighted by molar-refractivity contribution is 0.0430. The predicted octanol–water partition coefficient (Wildman–Crippen LogP) is 3.22. The Balaban J connectivity index is 2.02. The van der Waals surface area contributed by atoms with Crippen LogP contribution in [-0.2, 0) is 4.74 Å². The first-order valence-corrected chi connectivity index (χ1v) is 7.04. The third-order valence-corrected chi connectivity index (χ3v) is 3.11. The fraction of sp³-hybridized carbons (Fsp3) is 1.00. The molecule has 2 heteroatoms. The molecule has 1 atom stereocenters. The van der Waals surface area contributed by atoms with E-state index < -0.39 is 0 Å². The minimum Gasteiger partial charge on any atom is -0.377 e. The highest BCUT2D eigenvalue weighted by Gasteiger charge is 2.21. The van der Waals surface area contributed by atoms with E-state index in [9.17, 15) is 0 Å². The summed E-state index contributed by atoms with van der Waals surface area (Å²) in [4.78, 5) is 0. The smallest absolute Gasteiger partial charge is 0.0699 e. The van der Waals surface area contributed by atoms with Gasteiger partial charge in [0.05, 0.1) is 6.10 Å². The van der Waals surface area contributed by atoms with E-state index in [1.807, 2.05) is 0 Å². The van der Waals surface area contributed by atoms with Crippen molar-refractivity contribution in [1.82, 2.24) is 5.32 Å². The molecule has 0 amide bonds. The van der Waals surface area contributed by atoms with E-state index in [0.717, 1.165) is 31.5 Å². The Hall–Kier alpha value is -0.0800. The quantitative estimate of drug-likeness (QED) is 0.619. The average molecular weight is 227 g/mol. The lowest BCUT2D eigenvalue weighted by Crippen LogP contribution is -2.31. The van der Waals surface area contributed by atoms with Gasteiger partial charge in [0.1, 0.15) is 0 Å². The van der Waals surface area contributed by atoms with Crippen molar-refractivity contribution < 1.29 is 4.74 Å². The molecule has 2 nitrogen and oxygen atoms in total. The van der Waals surface area contributed by atoms with Crippen LogP contribution in [0.5, 0.6) is 0 Å². The molecule has 0 spiro atoms. The summed E-state index contributed by atoms with van der Waals surface area (Å²) in [6, 6.07) is 0. The molecule has 0 radical (unpaired) electrons. The third kappa shape index (κ3) is 7.24. The van der Waals surface area contributed by atoms with Crippen LogP contribution < -0.4 is 5.32 Å². The van der Waals surface area contributed by atoms with Gasteiger partial charge in [-0.2, -0.15) is 0 Å². The van der Waals surface area contributed by atoms with Crippen LogP contribution in [0.3, 0.4) is 0 Å². The molecule has 1 fully saturated rings. The second-order valence-corrected chi connectivity index (χ2v) is 5.57. The first-order chi connectivity index (χ1) is 7.72. The van der Waals surface area contributed by atoms with Gasteiger partial charge in [-0.1, -0.05) is 40.0 Å². The summed E-state index contributed by atoms with van der Waals surface area (Å²) >= 11 is 0. The first-order valence-electron chi connectivity index (χ1n) is 7.04. The molecule has 1 unspecified atom stereocenters. The number of hydrogen-bond acceptors (Lipinski definition) is 2. The Labute approximate surface area is 101 Å². The van der Waals surface area contributed by atoms with Crippen LogP contribution in [0.1, 0.15) is 52.9 Å². The van der Waals surface area contributed by atoms with E-state index in [1.165, 1.54) is 32.1 Å². The van der Waals surface area contributed by atoms with Crippen molar-refractivity contribution in [3.05, 3.63) is 0 Å². The minimum atomic E-state index is 0.433. The maximum atomic E-state index is 5.95. The Morgan fingerprint density at radius 2 is 2.00 bits per heavy atom. The maximum Gasteiger partial charge on any atom is 0.0699 e. The maximum absolute atomic E-state index is 5.95. The fourth-order valence-corrected chi connectivity index (χ4v) is 1.91. The molecular formula is C14H29NO. The van der Waals surface area contributed by atoms with Gasteiger partial charge in [0.15, 0.2) is 0 Å². The largest absolute Gasteiger partial charge is 0.377 e. The van der Waals surface area contributed by atoms with E-state index in [2.05, 4.69) is 26.1 Å². The highest BCUT2D eigenvalue weighted by atomic mass is 16.5. The van der Waals surface area contributed by atoms with Crippen LogP contribution >= 0.6 is 0 Å². The minimum absolute atomic E-state index is 0.433. The molecule has 0 saturated heterocycles. The van der Waals surface area contributed by atoms with Crippen LogP contribution in [0, 0.1) is 11.8 Å². The second-order valence-electron chi connectivity index (χ2n) is 5.57. The topological polar surface area (TPSA) is 21.3 Å². The van der Waals surface area contributed by atoms with Crippen molar-refractivity contribution in [2.75, 3.05) is 19.7 Å². The van der Waals surface area contributed by atoms with Gasteiger partial charge in [0.2, 0.25) is 0 Å². The van der Waals surface area contributed by atoms with Gasteiger partial charge >= 0.3 is 0 Å². The summed E-state index contributed by atoms with van der Waals surface area (Å²) < 4.78 is 5.95. The predicted molar refractivity (Wildman–Crippen MR) is 69.7 cm³/mol. The van der Waals surface area contributed by atoms with Gasteiger partial charge in [-0.25, -0.2) is 0 Å². The molecule has 0 aromatic carbocycles. The van der Waals surface area contributed by atoms with Crippen molar-refractivity contribution in [2.45, 2.75) is 59.0 Å². The molecule has 1 rings (SSSR count). The highest BCUT2D eigenvalue weighted by Crippen LogP contribution is 2.32. The summed E-state index contributed by atoms with van der Waals surface area (Å²) in [5.74, 6) is 1.72. The van der Waals surface area contributed by atoms with Crippen molar-refractivity contribution in [3.63, 3.8) is 0 Å². The Kier molecular flexibility index (Phi) is 7.06. The van der Waals surface area contributed by atoms with Gasteiger partial charge in [-0.15, -0.1) is 0 Å². The molecule has 0 aliphatic heterocycles. The first kappa shape index (κ1) is 14.0. The Morgan fingerprint density at radius 1 is 1.25 bits per heavy atom. The third-order valence-electron chi connectivity index (χ3n) is 3.11. The van der Waals surface area contributed by atoms with E-state index in [0.29, 0.717) is 6.10 Å². The van der Waals surface area contributed by atoms with Crippen molar-refractivity contribution in [3.8, 4) is 0 Å². The molecule has 0 heterocycles. The zero-order chi connectivity index (χ0) is 11.8. The molecule has 1 aliphatic carbocycles. The fourth-order valence-electron chi connectivity index (χ4n) is 1.91. The van der Waals surface area contributed by atoms with Crippen molar-refractivity contribution in [2.24, 2.45) is 11.8 Å². The van der Waals surface area contributed by atoms with E-state index in [-0.39, 0.29) is 0 Å². The molecule has 96 valence electrons. The normalized spacial score (nSPS) is 18.0. The highest BCUT2D eigenvalue weighted by molar-refractivity contribution is 4.73. The summed E-state index contributed by atoms with van der Waals surface area (Å²) in [6.45, 7) is 9.83. The average Bonchev–Trinajstić information content (AvgIpc) is 3.01. The Bertz CT molecular complexity index is 158. The number of nitrogens with one attached hydrogen (secondary N) is 1. The summed E-state index contributed by atoms with van der Waals surface area (Å²) in [5.41, 5.74) is 0. The van der Waals surface area contributed by atoms with Gasteiger partial charge in [-0.3, -0.25) is 0 Å². The summed E-state index contributed by atoms with van der Waals surface area (Å²) in [6.07, 6.45) is 7.00. The molecule has 1 saturated carbocycles. The number of rotatable bonds is 10. The SMILES string of the molecule is CCCC(CNCC(C)C)OCCC1CC1. The Morgan fingerprint density at radius 3 is 2.56 bits per heavy atom. The molecule has 0 aromatic heterocycles. The van der Waals surface area contributed by atoms with Crippen molar-refractivity contribution >= 4 is 0 Å². The van der Waals surface area contributed by atoms with Gasteiger partial charge in [0.25, 0.3) is 0 Å². The van der Waals surface area contributed by atoms with Crippen LogP contribution in [-0.4, -0.2) is 25.8 Å². The lowest BCUT2D eigenvalue weighted by atomic mass is 10.2. The van der Waals surface area contributed by atoms with Crippen LogP contribution in [0.2, 0.25) is 0 Å². The standard InChI is InChI=1S/C14H29NO/c1-4-5-14(11-15-10-12(2)3)16-9-8-13-6-7-13/h12-15H,4-11H2,1-3H3. The number of hydrogen-bond donors (Lipinski definition) is 1. The molecule has 1 N–H and O–H groups in total. The molecule has 0 aromatic rings. The lowest BCUT2D eigenvalue weighted by Gasteiger charge is -2.18. The van der Waals surface area contributed by atoms with Gasteiger partial charge in [-0.05, 0) is 31.2 Å². The van der Waals surface area contributed by atoms with Gasteiger partial charge < -0.3 is 10.1 Å². The molecule has 0 bridgehead atoms.